The summed E-state index contributed by atoms with van der Waals surface area (Å²) in [6, 6.07) is 5.23. The smallest absolute Gasteiger partial charge is 0.309 e. The molecular weight excluding hydrogens is 205 g/mol. The minimum atomic E-state index is -0.639. The molecule has 1 aromatic carbocycles. The zero-order valence-electron chi connectivity index (χ0n) is 5.45. The Morgan fingerprint density at radius 3 is 1.73 bits per heavy atom. The molecule has 0 spiro atoms. The predicted octanol–water partition coefficient (Wildman–Crippen LogP) is 2.76. The van der Waals surface area contributed by atoms with E-state index in [0.29, 0.717) is 0 Å². The molecule has 1 radical (unpaired) electrons. The van der Waals surface area contributed by atoms with Crippen LogP contribution in [0.15, 0.2) is 18.2 Å². The summed E-state index contributed by atoms with van der Waals surface area (Å²) >= 11 is -0.639. The first-order valence-electron chi connectivity index (χ1n) is 2.64. The van der Waals surface area contributed by atoms with Crippen molar-refractivity contribution in [3.05, 3.63) is 35.9 Å². The Morgan fingerprint density at radius 2 is 1.55 bits per heavy atom. The van der Waals surface area contributed by atoms with Gasteiger partial charge >= 0.3 is 18.2 Å². The van der Waals surface area contributed by atoms with Crippen molar-refractivity contribution >= 4 is 36.3 Å². The molecule has 0 aliphatic heterocycles. The fraction of sp³-hybridized carbons (Fsp3) is 0. The van der Waals surface area contributed by atoms with Gasteiger partial charge in [0.05, 0.1) is 0 Å². The van der Waals surface area contributed by atoms with E-state index in [1.807, 2.05) is 0 Å². The Hall–Kier alpha value is 0.426. The number of halogens is 4. The molecule has 0 unspecified atom stereocenters. The number of rotatable bonds is 0. The molecule has 0 heterocycles. The molecule has 0 saturated heterocycles. The highest BCUT2D eigenvalue weighted by atomic mass is 35.6. The second kappa shape index (κ2) is 7.10. The lowest BCUT2D eigenvalue weighted by Gasteiger charge is -1.83. The van der Waals surface area contributed by atoms with Gasteiger partial charge in [0.1, 0.15) is 11.6 Å². The topological polar surface area (TPSA) is 0 Å². The summed E-state index contributed by atoms with van der Waals surface area (Å²) in [6.45, 7) is 0. The van der Waals surface area contributed by atoms with E-state index >= 15 is 0 Å². The number of hydrogen-bond donors (Lipinski definition) is 0. The zero-order valence-corrected chi connectivity index (χ0v) is 8.38. The molecule has 0 aromatic heterocycles. The van der Waals surface area contributed by atoms with Gasteiger partial charge in [0, 0.05) is 6.07 Å². The molecule has 5 heteroatoms. The second-order valence-corrected chi connectivity index (χ2v) is 4.10. The summed E-state index contributed by atoms with van der Waals surface area (Å²) < 4.78 is 23.8. The van der Waals surface area contributed by atoms with Crippen LogP contribution in [0.4, 0.5) is 8.78 Å². The SMILES string of the molecule is Fc1c[c]cc(F)c1.[Cl][Mg][Cl]. The molecule has 0 fully saturated rings. The second-order valence-electron chi connectivity index (χ2n) is 1.47. The van der Waals surface area contributed by atoms with Crippen molar-refractivity contribution in [2.45, 2.75) is 0 Å². The first-order valence-corrected chi connectivity index (χ1v) is 6.92. The molecule has 0 aliphatic rings. The van der Waals surface area contributed by atoms with Crippen molar-refractivity contribution in [1.29, 1.82) is 0 Å². The first kappa shape index (κ1) is 11.4. The van der Waals surface area contributed by atoms with Gasteiger partial charge < -0.3 is 18.1 Å². The van der Waals surface area contributed by atoms with Gasteiger partial charge in [-0.05, 0) is 18.2 Å². The van der Waals surface area contributed by atoms with E-state index in [-0.39, 0.29) is 0 Å². The van der Waals surface area contributed by atoms with Crippen molar-refractivity contribution in [3.63, 3.8) is 0 Å². The van der Waals surface area contributed by atoms with E-state index in [1.54, 1.807) is 0 Å². The fourth-order valence-electron chi connectivity index (χ4n) is 0.416. The quantitative estimate of drug-likeness (QED) is 0.575. The van der Waals surface area contributed by atoms with Crippen molar-refractivity contribution < 1.29 is 8.78 Å². The summed E-state index contributed by atoms with van der Waals surface area (Å²) in [6.07, 6.45) is 0. The summed E-state index contributed by atoms with van der Waals surface area (Å²) in [5.41, 5.74) is 0. The molecule has 0 N–H and O–H groups in total. The molecule has 57 valence electrons. The molecule has 0 aliphatic carbocycles. The maximum absolute atomic E-state index is 11.9. The highest BCUT2D eigenvalue weighted by molar-refractivity contribution is 7.22. The third kappa shape index (κ3) is 6.81. The Morgan fingerprint density at radius 1 is 1.18 bits per heavy atom. The Kier molecular flexibility index (Phi) is 7.37. The van der Waals surface area contributed by atoms with Gasteiger partial charge in [0.25, 0.3) is 0 Å². The van der Waals surface area contributed by atoms with E-state index in [2.05, 4.69) is 6.07 Å². The maximum Gasteiger partial charge on any atom is 0.618 e. The lowest BCUT2D eigenvalue weighted by atomic mass is 10.3. The fourth-order valence-corrected chi connectivity index (χ4v) is 0.416. The molecule has 11 heavy (non-hydrogen) atoms. The predicted molar refractivity (Wildman–Crippen MR) is 42.7 cm³/mol. The lowest BCUT2D eigenvalue weighted by molar-refractivity contribution is 0.583. The van der Waals surface area contributed by atoms with Crippen LogP contribution in [0.1, 0.15) is 0 Å². The molecule has 1 aromatic rings. The normalized spacial score (nSPS) is 7.64. The van der Waals surface area contributed by atoms with Crippen LogP contribution in [0.5, 0.6) is 0 Å². The van der Waals surface area contributed by atoms with Crippen molar-refractivity contribution in [3.8, 4) is 0 Å². The summed E-state index contributed by atoms with van der Waals surface area (Å²) in [4.78, 5) is 0. The van der Waals surface area contributed by atoms with Crippen molar-refractivity contribution in [2.24, 2.45) is 0 Å². The Bertz CT molecular complexity index is 190. The van der Waals surface area contributed by atoms with E-state index in [0.717, 1.165) is 18.2 Å². The highest BCUT2D eigenvalue weighted by Crippen LogP contribution is 1.98. The molecule has 0 nitrogen and oxygen atoms in total. The average Bonchev–Trinajstić information content (AvgIpc) is 1.88. The van der Waals surface area contributed by atoms with Crippen molar-refractivity contribution in [2.75, 3.05) is 0 Å². The van der Waals surface area contributed by atoms with E-state index in [1.165, 1.54) is 0 Å². The van der Waals surface area contributed by atoms with Gasteiger partial charge in [0.2, 0.25) is 0 Å². The highest BCUT2D eigenvalue weighted by Gasteiger charge is 1.88. The Labute approximate surface area is 80.8 Å². The zero-order chi connectivity index (χ0) is 8.69. The van der Waals surface area contributed by atoms with Gasteiger partial charge in [-0.1, -0.05) is 0 Å². The third-order valence-electron chi connectivity index (χ3n) is 0.718. The molecule has 1 rings (SSSR count). The van der Waals surface area contributed by atoms with Gasteiger partial charge in [-0.2, -0.15) is 0 Å². The van der Waals surface area contributed by atoms with Gasteiger partial charge in [-0.3, -0.25) is 0 Å². The average molecular weight is 208 g/mol. The van der Waals surface area contributed by atoms with Crippen LogP contribution in [0, 0.1) is 17.7 Å². The largest absolute Gasteiger partial charge is 0.618 e. The van der Waals surface area contributed by atoms with E-state index in [9.17, 15) is 8.78 Å². The Balaban J connectivity index is 0.000000292. The van der Waals surface area contributed by atoms with Crippen LogP contribution in [-0.2, 0) is 0 Å². The summed E-state index contributed by atoms with van der Waals surface area (Å²) in [7, 11) is 9.81. The van der Waals surface area contributed by atoms with Gasteiger partial charge in [0.15, 0.2) is 0 Å². The minimum Gasteiger partial charge on any atom is -0.309 e. The van der Waals surface area contributed by atoms with Gasteiger partial charge in [-0.15, -0.1) is 0 Å². The number of hydrogen-bond acceptors (Lipinski definition) is 0. The lowest BCUT2D eigenvalue weighted by Crippen LogP contribution is -1.74. The summed E-state index contributed by atoms with van der Waals surface area (Å²) in [5.74, 6) is -1.19. The molecule has 0 atom stereocenters. The van der Waals surface area contributed by atoms with E-state index < -0.39 is 29.8 Å². The molecular formula is C6H3Cl2F2Mg. The summed E-state index contributed by atoms with van der Waals surface area (Å²) in [5, 5.41) is 0. The van der Waals surface area contributed by atoms with Crippen LogP contribution in [0.25, 0.3) is 0 Å². The van der Waals surface area contributed by atoms with Crippen LogP contribution in [-0.4, -0.2) is 18.2 Å². The van der Waals surface area contributed by atoms with Crippen LogP contribution in [0.3, 0.4) is 0 Å². The first-order chi connectivity index (χ1) is 5.20. The van der Waals surface area contributed by atoms with E-state index in [4.69, 9.17) is 18.1 Å². The van der Waals surface area contributed by atoms with Crippen LogP contribution >= 0.6 is 18.1 Å². The van der Waals surface area contributed by atoms with Gasteiger partial charge in [-0.25, -0.2) is 8.78 Å². The van der Waals surface area contributed by atoms with Crippen molar-refractivity contribution in [1.82, 2.24) is 0 Å². The third-order valence-corrected chi connectivity index (χ3v) is 0.718. The minimum absolute atomic E-state index is 0.593. The molecule has 0 bridgehead atoms. The number of benzene rings is 1. The molecule has 0 amide bonds. The van der Waals surface area contributed by atoms with Crippen LogP contribution in [0.2, 0.25) is 0 Å². The maximum atomic E-state index is 11.9. The van der Waals surface area contributed by atoms with Crippen LogP contribution < -0.4 is 0 Å². The monoisotopic (exact) mass is 207 g/mol. The standard InChI is InChI=1S/C6H3F2.2ClH.Mg/c7-5-2-1-3-6(8)4-5;;;/h2-4H;2*1H;/q;;;+2/p-2. The molecule has 0 saturated carbocycles.